The predicted molar refractivity (Wildman–Crippen MR) is 426 cm³/mol. The summed E-state index contributed by atoms with van der Waals surface area (Å²) in [5, 5.41) is 20.6. The van der Waals surface area contributed by atoms with Crippen molar-refractivity contribution in [1.82, 2.24) is 0 Å². The van der Waals surface area contributed by atoms with Crippen LogP contribution in [-0.4, -0.2) is 95.9 Å². The standard InChI is InChI=1S/C85H144O16P2/c1-4-7-10-13-16-19-22-25-27-29-31-33-35-37-38-39-40-42-44-45-47-49-51-54-56-59-62-65-68-71-83(88)95-74-80(86)75-97-102(91,92)98-76-81(87)77-99-103(93,94)100-79-82(101-85(90)73-70-67-64-61-58-53-24-21-18-15-12-9-6-3)78-96-84(89)72-69-66-63-60-57-55-52-50-48-46-43-41-36-34-32-30-28-26-23-20-17-14-11-8-5-2/h7-8,10-11,16-17,19-21,24-28,31-34,37-38,41,43,48,50,80-82,86-87H,4-6,9,12-15,18,22-23,29-30,35-36,39-40,42,44-47,49,51-79H2,1-3H3,(H,91,92)(H,93,94)/b10-7-,11-8-,19-16-,20-17-,24-21-,27-25-,28-26-,33-31-,34-32-,38-37-,43-41-,50-48-. The van der Waals surface area contributed by atoms with Gasteiger partial charge in [-0.05, 0) is 141 Å². The number of carbonyl (C=O) groups excluding carboxylic acids is 3. The van der Waals surface area contributed by atoms with Gasteiger partial charge in [0.15, 0.2) is 6.10 Å². The zero-order valence-electron chi connectivity index (χ0n) is 64.4. The fourth-order valence-electron chi connectivity index (χ4n) is 10.5. The molecule has 5 atom stereocenters. The summed E-state index contributed by atoms with van der Waals surface area (Å²) in [5.74, 6) is -1.60. The maximum Gasteiger partial charge on any atom is 0.472 e. The third kappa shape index (κ3) is 78.3. The molecular formula is C85H144O16P2. The van der Waals surface area contributed by atoms with Crippen molar-refractivity contribution in [3.8, 4) is 0 Å². The molecule has 0 aliphatic carbocycles. The molecule has 5 unspecified atom stereocenters. The molecule has 0 bridgehead atoms. The molecule has 16 nitrogen and oxygen atoms in total. The number of aliphatic hydroxyl groups is 2. The van der Waals surface area contributed by atoms with Crippen LogP contribution in [0.25, 0.3) is 0 Å². The molecule has 0 saturated heterocycles. The summed E-state index contributed by atoms with van der Waals surface area (Å²) in [7, 11) is -9.80. The van der Waals surface area contributed by atoms with E-state index in [1.807, 2.05) is 0 Å². The van der Waals surface area contributed by atoms with Crippen LogP contribution < -0.4 is 0 Å². The first-order valence-electron chi connectivity index (χ1n) is 40.1. The zero-order chi connectivity index (χ0) is 75.2. The second-order valence-corrected chi connectivity index (χ2v) is 29.4. The van der Waals surface area contributed by atoms with E-state index in [1.54, 1.807) is 0 Å². The van der Waals surface area contributed by atoms with Crippen LogP contribution in [0.3, 0.4) is 0 Å². The highest BCUT2D eigenvalue weighted by molar-refractivity contribution is 7.47. The molecule has 0 aromatic carbocycles. The average Bonchev–Trinajstić information content (AvgIpc) is 1.11. The Hall–Kier alpha value is -4.57. The minimum atomic E-state index is -4.94. The molecule has 590 valence electrons. The number of esters is 3. The SMILES string of the molecule is CC/C=C\C/C=C\C/C=C\C/C=C\C/C=C\C/C=C\CCCCCCCCC(=O)OCC(COP(=O)(O)OCC(O)COP(=O)(O)OCC(O)COC(=O)CCCCCCCCCCCCCCC/C=C\C/C=C\C/C=C\C/C=C\C/C=C\CC)OC(=O)CCCCCCC/C=C\CCCCCC. The van der Waals surface area contributed by atoms with Crippen molar-refractivity contribution in [2.24, 2.45) is 0 Å². The second-order valence-electron chi connectivity index (χ2n) is 26.5. The number of hydrogen-bond acceptors (Lipinski definition) is 14. The number of phosphoric acid groups is 2. The zero-order valence-corrected chi connectivity index (χ0v) is 66.2. The highest BCUT2D eigenvalue weighted by Gasteiger charge is 2.29. The van der Waals surface area contributed by atoms with Crippen LogP contribution in [0.15, 0.2) is 146 Å². The Labute approximate surface area is 626 Å². The van der Waals surface area contributed by atoms with Crippen molar-refractivity contribution in [3.63, 3.8) is 0 Å². The lowest BCUT2D eigenvalue weighted by Gasteiger charge is -2.21. The second kappa shape index (κ2) is 77.1. The van der Waals surface area contributed by atoms with Crippen molar-refractivity contribution in [2.75, 3.05) is 39.6 Å². The van der Waals surface area contributed by atoms with E-state index in [2.05, 4.69) is 167 Å². The van der Waals surface area contributed by atoms with Crippen LogP contribution in [0.5, 0.6) is 0 Å². The van der Waals surface area contributed by atoms with E-state index in [9.17, 15) is 43.5 Å². The topological polar surface area (TPSA) is 231 Å². The van der Waals surface area contributed by atoms with Gasteiger partial charge < -0.3 is 34.2 Å². The maximum absolute atomic E-state index is 13.0. The van der Waals surface area contributed by atoms with Gasteiger partial charge >= 0.3 is 33.6 Å². The quantitative estimate of drug-likeness (QED) is 0.0146. The maximum atomic E-state index is 13.0. The van der Waals surface area contributed by atoms with Gasteiger partial charge in [0, 0.05) is 19.3 Å². The lowest BCUT2D eigenvalue weighted by Crippen LogP contribution is -2.30. The van der Waals surface area contributed by atoms with Crippen LogP contribution in [-0.2, 0) is 55.8 Å². The van der Waals surface area contributed by atoms with Crippen LogP contribution in [0.1, 0.15) is 316 Å². The summed E-state index contributed by atoms with van der Waals surface area (Å²) in [6, 6.07) is 0. The van der Waals surface area contributed by atoms with Gasteiger partial charge in [-0.2, -0.15) is 0 Å². The van der Waals surface area contributed by atoms with Gasteiger partial charge in [-0.15, -0.1) is 0 Å². The lowest BCUT2D eigenvalue weighted by atomic mass is 10.0. The van der Waals surface area contributed by atoms with Gasteiger partial charge in [-0.1, -0.05) is 301 Å². The van der Waals surface area contributed by atoms with E-state index < -0.39 is 91.5 Å². The summed E-state index contributed by atoms with van der Waals surface area (Å²) >= 11 is 0. The molecule has 0 aromatic heterocycles. The van der Waals surface area contributed by atoms with Crippen molar-refractivity contribution < 1.29 is 75.8 Å². The third-order valence-corrected chi connectivity index (χ3v) is 18.4. The first kappa shape index (κ1) is 98.4. The molecule has 0 amide bonds. The fraction of sp³-hybridized carbons (Fsp3) is 0.682. The van der Waals surface area contributed by atoms with Crippen LogP contribution in [0, 0.1) is 0 Å². The van der Waals surface area contributed by atoms with Crippen molar-refractivity contribution in [3.05, 3.63) is 146 Å². The van der Waals surface area contributed by atoms with Gasteiger partial charge in [0.2, 0.25) is 0 Å². The molecule has 0 fully saturated rings. The molecule has 0 aliphatic rings. The Morgan fingerprint density at radius 1 is 0.282 bits per heavy atom. The number of rotatable bonds is 75. The molecule has 0 radical (unpaired) electrons. The van der Waals surface area contributed by atoms with Crippen molar-refractivity contribution in [2.45, 2.75) is 334 Å². The van der Waals surface area contributed by atoms with Crippen LogP contribution in [0.2, 0.25) is 0 Å². The van der Waals surface area contributed by atoms with Crippen LogP contribution >= 0.6 is 15.6 Å². The molecule has 0 aromatic rings. The third-order valence-electron chi connectivity index (χ3n) is 16.5. The molecule has 0 saturated carbocycles. The smallest absolute Gasteiger partial charge is 0.463 e. The summed E-state index contributed by atoms with van der Waals surface area (Å²) in [6.45, 7) is 2.42. The first-order chi connectivity index (χ1) is 50.2. The van der Waals surface area contributed by atoms with Gasteiger partial charge in [0.1, 0.15) is 25.4 Å². The van der Waals surface area contributed by atoms with Gasteiger partial charge in [-0.3, -0.25) is 32.5 Å². The summed E-state index contributed by atoms with van der Waals surface area (Å²) in [5.41, 5.74) is 0. The molecule has 18 heteroatoms. The Morgan fingerprint density at radius 2 is 0.515 bits per heavy atom. The number of aliphatic hydroxyl groups excluding tert-OH is 2. The summed E-state index contributed by atoms with van der Waals surface area (Å²) < 4.78 is 61.1. The highest BCUT2D eigenvalue weighted by Crippen LogP contribution is 2.45. The Morgan fingerprint density at radius 3 is 0.825 bits per heavy atom. The van der Waals surface area contributed by atoms with Crippen molar-refractivity contribution >= 4 is 33.6 Å². The van der Waals surface area contributed by atoms with E-state index in [-0.39, 0.29) is 19.3 Å². The molecular weight excluding hydrogens is 1340 g/mol. The highest BCUT2D eigenvalue weighted by atomic mass is 31.2. The number of carbonyl (C=O) groups is 3. The molecule has 4 N–H and O–H groups in total. The minimum Gasteiger partial charge on any atom is -0.463 e. The van der Waals surface area contributed by atoms with Crippen LogP contribution in [0.4, 0.5) is 0 Å². The minimum absolute atomic E-state index is 0.0879. The molecule has 103 heavy (non-hydrogen) atoms. The number of ether oxygens (including phenoxy) is 3. The van der Waals surface area contributed by atoms with E-state index >= 15 is 0 Å². The Kier molecular flexibility index (Phi) is 73.6. The molecule has 0 spiro atoms. The van der Waals surface area contributed by atoms with Gasteiger partial charge in [0.05, 0.1) is 26.4 Å². The predicted octanol–water partition coefficient (Wildman–Crippen LogP) is 23.7. The average molecular weight is 1480 g/mol. The van der Waals surface area contributed by atoms with Crippen molar-refractivity contribution in [1.29, 1.82) is 0 Å². The summed E-state index contributed by atoms with van der Waals surface area (Å²) in [6.07, 6.45) is 94.7. The normalized spacial score (nSPS) is 14.7. The van der Waals surface area contributed by atoms with E-state index in [0.29, 0.717) is 19.3 Å². The van der Waals surface area contributed by atoms with Gasteiger partial charge in [0.25, 0.3) is 0 Å². The number of unbranched alkanes of at least 4 members (excludes halogenated alkanes) is 28. The van der Waals surface area contributed by atoms with E-state index in [4.69, 9.17) is 32.3 Å². The largest absolute Gasteiger partial charge is 0.472 e. The number of phosphoric ester groups is 2. The summed E-state index contributed by atoms with van der Waals surface area (Å²) in [4.78, 5) is 58.6. The molecule has 0 heterocycles. The first-order valence-corrected chi connectivity index (χ1v) is 43.1. The van der Waals surface area contributed by atoms with Gasteiger partial charge in [-0.25, -0.2) is 9.13 Å². The van der Waals surface area contributed by atoms with E-state index in [1.165, 1.54) is 83.5 Å². The number of allylic oxidation sites excluding steroid dienone is 24. The number of hydrogen-bond donors (Lipinski definition) is 4. The Bertz CT molecular complexity index is 2450. The Balaban J connectivity index is 4.52. The lowest BCUT2D eigenvalue weighted by molar-refractivity contribution is -0.161. The molecule has 0 rings (SSSR count). The van der Waals surface area contributed by atoms with E-state index in [0.717, 1.165) is 173 Å². The monoisotopic (exact) mass is 1480 g/mol. The molecule has 0 aliphatic heterocycles. The fourth-order valence-corrected chi connectivity index (χ4v) is 12.1.